The minimum Gasteiger partial charge on any atom is -0.252 e. The van der Waals surface area contributed by atoms with Crippen molar-refractivity contribution in [2.75, 3.05) is 0 Å². The number of primary sulfonamides is 1. The van der Waals surface area contributed by atoms with Gasteiger partial charge in [-0.25, -0.2) is 18.2 Å². The number of hydrogen-bond acceptors (Lipinski definition) is 4. The van der Waals surface area contributed by atoms with Crippen molar-refractivity contribution in [1.29, 1.82) is 0 Å². The molecule has 0 saturated carbocycles. The van der Waals surface area contributed by atoms with Crippen molar-refractivity contribution in [1.82, 2.24) is 14.8 Å². The van der Waals surface area contributed by atoms with Crippen LogP contribution in [0.5, 0.6) is 0 Å². The van der Waals surface area contributed by atoms with Gasteiger partial charge >= 0.3 is 6.18 Å². The Labute approximate surface area is 105 Å². The molecule has 2 aromatic rings. The molecule has 10 heteroatoms. The minimum atomic E-state index is -4.59. The van der Waals surface area contributed by atoms with Gasteiger partial charge < -0.3 is 0 Å². The maximum absolute atomic E-state index is 12.5. The van der Waals surface area contributed by atoms with E-state index in [-0.39, 0.29) is 10.6 Å². The highest BCUT2D eigenvalue weighted by atomic mass is 32.2. The summed E-state index contributed by atoms with van der Waals surface area (Å²) in [7, 11) is -3.95. The average molecular weight is 292 g/mol. The molecule has 0 aromatic carbocycles. The van der Waals surface area contributed by atoms with Crippen molar-refractivity contribution in [3.63, 3.8) is 0 Å². The third-order valence-electron chi connectivity index (χ3n) is 2.19. The zero-order valence-electron chi connectivity index (χ0n) is 9.16. The molecule has 2 heterocycles. The number of nitrogens with two attached hydrogens (primary N) is 1. The summed E-state index contributed by atoms with van der Waals surface area (Å²) in [5.74, 6) is 0. The fraction of sp³-hybridized carbons (Fsp3) is 0.111. The molecular formula is C9H7F3N4O2S. The summed E-state index contributed by atoms with van der Waals surface area (Å²) in [4.78, 5) is 2.89. The molecule has 0 aliphatic rings. The molecule has 19 heavy (non-hydrogen) atoms. The minimum absolute atomic E-state index is 0.0252. The molecule has 0 amide bonds. The average Bonchev–Trinajstić information content (AvgIpc) is 2.77. The van der Waals surface area contributed by atoms with Crippen LogP contribution in [0, 0.1) is 0 Å². The first-order valence-corrected chi connectivity index (χ1v) is 6.33. The molecule has 2 N–H and O–H groups in total. The van der Waals surface area contributed by atoms with Crippen LogP contribution in [0.25, 0.3) is 5.69 Å². The Morgan fingerprint density at radius 3 is 2.53 bits per heavy atom. The van der Waals surface area contributed by atoms with E-state index in [0.29, 0.717) is 0 Å². The molecule has 0 radical (unpaired) electrons. The highest BCUT2D eigenvalue weighted by Gasteiger charge is 2.32. The molecule has 0 bridgehead atoms. The van der Waals surface area contributed by atoms with E-state index >= 15 is 0 Å². The van der Waals surface area contributed by atoms with Gasteiger partial charge in [0.05, 0.1) is 18.1 Å². The predicted molar refractivity (Wildman–Crippen MR) is 57.7 cm³/mol. The molecule has 0 atom stereocenters. The molecule has 102 valence electrons. The number of aromatic nitrogens is 3. The van der Waals surface area contributed by atoms with E-state index in [4.69, 9.17) is 5.14 Å². The van der Waals surface area contributed by atoms with Crippen molar-refractivity contribution in [2.45, 2.75) is 11.1 Å². The van der Waals surface area contributed by atoms with Crippen molar-refractivity contribution < 1.29 is 21.6 Å². The second-order valence-electron chi connectivity index (χ2n) is 3.56. The molecule has 0 aliphatic heterocycles. The van der Waals surface area contributed by atoms with Crippen molar-refractivity contribution in [2.24, 2.45) is 5.14 Å². The number of halogens is 3. The van der Waals surface area contributed by atoms with Gasteiger partial charge in [-0.05, 0) is 12.1 Å². The van der Waals surface area contributed by atoms with E-state index in [1.165, 1.54) is 6.07 Å². The standard InChI is InChI=1S/C9H7F3N4O2S/c10-9(11,12)8-3-6(1-2-14-8)16-5-7(4-15-16)19(13,17)18/h1-5H,(H2,13,17,18). The van der Waals surface area contributed by atoms with Crippen LogP contribution < -0.4 is 5.14 Å². The van der Waals surface area contributed by atoms with Crippen LogP contribution in [-0.4, -0.2) is 23.2 Å². The number of alkyl halides is 3. The zero-order valence-corrected chi connectivity index (χ0v) is 9.98. The van der Waals surface area contributed by atoms with Crippen LogP contribution in [0.1, 0.15) is 5.69 Å². The third kappa shape index (κ3) is 2.90. The first-order chi connectivity index (χ1) is 8.68. The highest BCUT2D eigenvalue weighted by molar-refractivity contribution is 7.89. The van der Waals surface area contributed by atoms with Crippen LogP contribution in [0.2, 0.25) is 0 Å². The highest BCUT2D eigenvalue weighted by Crippen LogP contribution is 2.28. The lowest BCUT2D eigenvalue weighted by Gasteiger charge is -2.07. The number of pyridine rings is 1. The maximum atomic E-state index is 12.5. The quantitative estimate of drug-likeness (QED) is 0.891. The molecule has 2 aromatic heterocycles. The van der Waals surface area contributed by atoms with Gasteiger partial charge in [-0.2, -0.15) is 18.3 Å². The van der Waals surface area contributed by atoms with Gasteiger partial charge in [0.25, 0.3) is 0 Å². The van der Waals surface area contributed by atoms with Gasteiger partial charge in [-0.3, -0.25) is 4.98 Å². The van der Waals surface area contributed by atoms with E-state index in [9.17, 15) is 21.6 Å². The van der Waals surface area contributed by atoms with Crippen LogP contribution in [0.15, 0.2) is 35.6 Å². The maximum Gasteiger partial charge on any atom is 0.433 e. The number of nitrogens with zero attached hydrogens (tertiary/aromatic N) is 3. The van der Waals surface area contributed by atoms with Crippen molar-refractivity contribution >= 4 is 10.0 Å². The SMILES string of the molecule is NS(=O)(=O)c1cnn(-c2ccnc(C(F)(F)F)c2)c1. The smallest absolute Gasteiger partial charge is 0.252 e. The largest absolute Gasteiger partial charge is 0.433 e. The van der Waals surface area contributed by atoms with Gasteiger partial charge in [0.15, 0.2) is 0 Å². The second kappa shape index (κ2) is 4.31. The fourth-order valence-corrected chi connectivity index (χ4v) is 1.75. The summed E-state index contributed by atoms with van der Waals surface area (Å²) in [5.41, 5.74) is -1.07. The van der Waals surface area contributed by atoms with Gasteiger partial charge in [0.2, 0.25) is 10.0 Å². The summed E-state index contributed by atoms with van der Waals surface area (Å²) in [6.07, 6.45) is -1.67. The molecule has 0 spiro atoms. The molecule has 0 saturated heterocycles. The van der Waals surface area contributed by atoms with E-state index < -0.39 is 21.9 Å². The van der Waals surface area contributed by atoms with E-state index in [1.54, 1.807) is 0 Å². The lowest BCUT2D eigenvalue weighted by molar-refractivity contribution is -0.141. The molecule has 2 rings (SSSR count). The summed E-state index contributed by atoms with van der Waals surface area (Å²) in [6.45, 7) is 0. The van der Waals surface area contributed by atoms with Gasteiger partial charge in [0.1, 0.15) is 10.6 Å². The summed E-state index contributed by atoms with van der Waals surface area (Å²) >= 11 is 0. The number of sulfonamides is 1. The number of rotatable bonds is 2. The van der Waals surface area contributed by atoms with E-state index in [1.807, 2.05) is 0 Å². The second-order valence-corrected chi connectivity index (χ2v) is 5.12. The fourth-order valence-electron chi connectivity index (χ4n) is 1.31. The normalized spacial score (nSPS) is 12.6. The first-order valence-electron chi connectivity index (χ1n) is 4.79. The molecule has 0 aliphatic carbocycles. The van der Waals surface area contributed by atoms with Crippen molar-refractivity contribution in [3.8, 4) is 5.69 Å². The number of hydrogen-bond donors (Lipinski definition) is 1. The Hall–Kier alpha value is -1.94. The first kappa shape index (κ1) is 13.5. The molecule has 6 nitrogen and oxygen atoms in total. The Bertz CT molecular complexity index is 708. The lowest BCUT2D eigenvalue weighted by Crippen LogP contribution is -2.11. The molecule has 0 unspecified atom stereocenters. The summed E-state index contributed by atoms with van der Waals surface area (Å²) in [6, 6.07) is 2.01. The van der Waals surface area contributed by atoms with Gasteiger partial charge in [0, 0.05) is 6.20 Å². The Morgan fingerprint density at radius 1 is 1.32 bits per heavy atom. The van der Waals surface area contributed by atoms with Gasteiger partial charge in [-0.15, -0.1) is 0 Å². The Kier molecular flexibility index (Phi) is 3.06. The Morgan fingerprint density at radius 2 is 2.00 bits per heavy atom. The Balaban J connectivity index is 2.46. The van der Waals surface area contributed by atoms with Gasteiger partial charge in [-0.1, -0.05) is 0 Å². The summed E-state index contributed by atoms with van der Waals surface area (Å²) < 4.78 is 60.5. The monoisotopic (exact) mass is 292 g/mol. The van der Waals surface area contributed by atoms with E-state index in [2.05, 4.69) is 10.1 Å². The van der Waals surface area contributed by atoms with Crippen LogP contribution in [0.3, 0.4) is 0 Å². The molecular weight excluding hydrogens is 285 g/mol. The third-order valence-corrected chi connectivity index (χ3v) is 3.05. The summed E-state index contributed by atoms with van der Waals surface area (Å²) in [5, 5.41) is 8.51. The van der Waals surface area contributed by atoms with Crippen LogP contribution in [0.4, 0.5) is 13.2 Å². The molecule has 0 fully saturated rings. The topological polar surface area (TPSA) is 90.9 Å². The van der Waals surface area contributed by atoms with Crippen LogP contribution >= 0.6 is 0 Å². The lowest BCUT2D eigenvalue weighted by atomic mass is 10.3. The van der Waals surface area contributed by atoms with Crippen LogP contribution in [-0.2, 0) is 16.2 Å². The van der Waals surface area contributed by atoms with Crippen molar-refractivity contribution in [3.05, 3.63) is 36.4 Å². The predicted octanol–water partition coefficient (Wildman–Crippen LogP) is 0.934. The zero-order chi connectivity index (χ0) is 14.3. The van der Waals surface area contributed by atoms with E-state index in [0.717, 1.165) is 29.3 Å².